The van der Waals surface area contributed by atoms with Gasteiger partial charge in [-0.25, -0.2) is 0 Å². The molecule has 0 aromatic heterocycles. The number of carbonyl (C=O) groups is 1. The Labute approximate surface area is 119 Å². The summed E-state index contributed by atoms with van der Waals surface area (Å²) in [5, 5.41) is 0. The van der Waals surface area contributed by atoms with Gasteiger partial charge in [-0.1, -0.05) is 24.3 Å². The predicted molar refractivity (Wildman–Crippen MR) is 81.2 cm³/mol. The molecular formula is C16H20O2S. The first-order valence-electron chi connectivity index (χ1n) is 6.80. The highest BCUT2D eigenvalue weighted by Crippen LogP contribution is 2.32. The summed E-state index contributed by atoms with van der Waals surface area (Å²) in [6, 6.07) is 8.20. The Balaban J connectivity index is 2.05. The third-order valence-electron chi connectivity index (χ3n) is 3.26. The van der Waals surface area contributed by atoms with Crippen molar-refractivity contribution in [1.29, 1.82) is 0 Å². The van der Waals surface area contributed by atoms with Crippen LogP contribution in [0.2, 0.25) is 0 Å². The van der Waals surface area contributed by atoms with Gasteiger partial charge in [0.2, 0.25) is 0 Å². The number of carbonyl (C=O) groups excluding carboxylic acids is 1. The summed E-state index contributed by atoms with van der Waals surface area (Å²) < 4.78 is 5.04. The molecule has 1 aromatic carbocycles. The standard InChI is InChI=1S/C16H20O2S/c1-3-18-16(17)12(2)14-8-6-13(7-9-14)11-15-5-4-10-19-15/h6-9,11-12H,3-5,10H2,1-2H3. The summed E-state index contributed by atoms with van der Waals surface area (Å²) in [6.45, 7) is 4.15. The SMILES string of the molecule is CCOC(=O)C(C)c1ccc(C=C2CCCS2)cc1. The van der Waals surface area contributed by atoms with Crippen LogP contribution in [0.4, 0.5) is 0 Å². The van der Waals surface area contributed by atoms with E-state index in [1.165, 1.54) is 29.1 Å². The van der Waals surface area contributed by atoms with Crippen LogP contribution in [0.5, 0.6) is 0 Å². The molecule has 0 spiro atoms. The number of thioether (sulfide) groups is 1. The lowest BCUT2D eigenvalue weighted by atomic mass is 10.00. The molecule has 0 N–H and O–H groups in total. The second kappa shape index (κ2) is 6.80. The number of hydrogen-bond donors (Lipinski definition) is 0. The molecule has 1 heterocycles. The molecular weight excluding hydrogens is 256 g/mol. The highest BCUT2D eigenvalue weighted by Gasteiger charge is 2.15. The van der Waals surface area contributed by atoms with Crippen molar-refractivity contribution in [2.24, 2.45) is 0 Å². The van der Waals surface area contributed by atoms with Crippen molar-refractivity contribution in [3.05, 3.63) is 40.3 Å². The van der Waals surface area contributed by atoms with Crippen LogP contribution in [0.1, 0.15) is 43.7 Å². The van der Waals surface area contributed by atoms with Gasteiger partial charge in [0, 0.05) is 0 Å². The molecule has 1 fully saturated rings. The highest BCUT2D eigenvalue weighted by atomic mass is 32.2. The molecule has 1 unspecified atom stereocenters. The zero-order valence-corrected chi connectivity index (χ0v) is 12.3. The van der Waals surface area contributed by atoms with Gasteiger partial charge in [-0.3, -0.25) is 4.79 Å². The van der Waals surface area contributed by atoms with Crippen molar-refractivity contribution < 1.29 is 9.53 Å². The molecule has 3 heteroatoms. The van der Waals surface area contributed by atoms with Gasteiger partial charge in [0.1, 0.15) is 0 Å². The first kappa shape index (κ1) is 14.2. The van der Waals surface area contributed by atoms with E-state index in [9.17, 15) is 4.79 Å². The Morgan fingerprint density at radius 2 is 2.16 bits per heavy atom. The highest BCUT2D eigenvalue weighted by molar-refractivity contribution is 8.03. The molecule has 1 aromatic rings. The summed E-state index contributed by atoms with van der Waals surface area (Å²) in [7, 11) is 0. The Morgan fingerprint density at radius 3 is 2.74 bits per heavy atom. The van der Waals surface area contributed by atoms with Crippen LogP contribution in [-0.2, 0) is 9.53 Å². The predicted octanol–water partition coefficient (Wildman–Crippen LogP) is 4.22. The maximum atomic E-state index is 11.7. The third kappa shape index (κ3) is 3.87. The average Bonchev–Trinajstić information content (AvgIpc) is 2.92. The van der Waals surface area contributed by atoms with Gasteiger partial charge < -0.3 is 4.74 Å². The van der Waals surface area contributed by atoms with Crippen molar-refractivity contribution >= 4 is 23.8 Å². The number of allylic oxidation sites excluding steroid dienone is 1. The molecule has 1 aliphatic rings. The summed E-state index contributed by atoms with van der Waals surface area (Å²) >= 11 is 1.95. The van der Waals surface area contributed by atoms with Crippen LogP contribution in [0.25, 0.3) is 6.08 Å². The fourth-order valence-corrected chi connectivity index (χ4v) is 3.16. The lowest BCUT2D eigenvalue weighted by Crippen LogP contribution is -2.12. The summed E-state index contributed by atoms with van der Waals surface area (Å²) in [5.74, 6) is 0.895. The van der Waals surface area contributed by atoms with E-state index in [1.54, 1.807) is 0 Å². The van der Waals surface area contributed by atoms with Gasteiger partial charge in [-0.2, -0.15) is 0 Å². The van der Waals surface area contributed by atoms with Crippen LogP contribution in [0, 0.1) is 0 Å². The fraction of sp³-hybridized carbons (Fsp3) is 0.438. The molecule has 2 nitrogen and oxygen atoms in total. The molecule has 0 amide bonds. The largest absolute Gasteiger partial charge is 0.466 e. The Hall–Kier alpha value is -1.22. The van der Waals surface area contributed by atoms with E-state index in [1.807, 2.05) is 37.7 Å². The number of rotatable bonds is 4. The van der Waals surface area contributed by atoms with Gasteiger partial charge in [0.15, 0.2) is 0 Å². The number of hydrogen-bond acceptors (Lipinski definition) is 3. The van der Waals surface area contributed by atoms with Crippen molar-refractivity contribution in [1.82, 2.24) is 0 Å². The Kier molecular flexibility index (Phi) is 5.08. The summed E-state index contributed by atoms with van der Waals surface area (Å²) in [5.41, 5.74) is 2.23. The number of ether oxygens (including phenoxy) is 1. The number of esters is 1. The van der Waals surface area contributed by atoms with E-state index in [2.05, 4.69) is 18.2 Å². The topological polar surface area (TPSA) is 26.3 Å². The molecule has 102 valence electrons. The quantitative estimate of drug-likeness (QED) is 0.770. The van der Waals surface area contributed by atoms with E-state index >= 15 is 0 Å². The minimum Gasteiger partial charge on any atom is -0.466 e. The number of benzene rings is 1. The van der Waals surface area contributed by atoms with Crippen molar-refractivity contribution in [2.75, 3.05) is 12.4 Å². The van der Waals surface area contributed by atoms with E-state index in [4.69, 9.17) is 4.74 Å². The van der Waals surface area contributed by atoms with Crippen molar-refractivity contribution in [3.8, 4) is 0 Å². The van der Waals surface area contributed by atoms with E-state index < -0.39 is 0 Å². The van der Waals surface area contributed by atoms with E-state index in [0.717, 1.165) is 5.56 Å². The van der Waals surface area contributed by atoms with Gasteiger partial charge in [-0.15, -0.1) is 11.8 Å². The maximum Gasteiger partial charge on any atom is 0.313 e. The molecule has 0 aliphatic carbocycles. The van der Waals surface area contributed by atoms with Gasteiger partial charge in [-0.05, 0) is 54.6 Å². The molecule has 19 heavy (non-hydrogen) atoms. The molecule has 1 aliphatic heterocycles. The first-order chi connectivity index (χ1) is 9.20. The second-order valence-electron chi connectivity index (χ2n) is 4.70. The smallest absolute Gasteiger partial charge is 0.313 e. The minimum absolute atomic E-state index is 0.153. The monoisotopic (exact) mass is 276 g/mol. The normalized spacial score (nSPS) is 18.5. The zero-order valence-electron chi connectivity index (χ0n) is 11.5. The van der Waals surface area contributed by atoms with Gasteiger partial charge >= 0.3 is 5.97 Å². The average molecular weight is 276 g/mol. The minimum atomic E-state index is -0.192. The first-order valence-corrected chi connectivity index (χ1v) is 7.79. The van der Waals surface area contributed by atoms with Gasteiger partial charge in [0.25, 0.3) is 0 Å². The Morgan fingerprint density at radius 1 is 1.42 bits per heavy atom. The third-order valence-corrected chi connectivity index (χ3v) is 4.44. The summed E-state index contributed by atoms with van der Waals surface area (Å²) in [4.78, 5) is 13.1. The van der Waals surface area contributed by atoms with Gasteiger partial charge in [0.05, 0.1) is 12.5 Å². The lowest BCUT2D eigenvalue weighted by molar-refractivity contribution is -0.144. The van der Waals surface area contributed by atoms with Crippen LogP contribution >= 0.6 is 11.8 Å². The maximum absolute atomic E-state index is 11.7. The molecule has 1 atom stereocenters. The van der Waals surface area contributed by atoms with Crippen LogP contribution in [0.15, 0.2) is 29.2 Å². The summed E-state index contributed by atoms with van der Waals surface area (Å²) in [6.07, 6.45) is 4.73. The van der Waals surface area contributed by atoms with Crippen LogP contribution in [0.3, 0.4) is 0 Å². The molecule has 2 rings (SSSR count). The molecule has 0 radical (unpaired) electrons. The fourth-order valence-electron chi connectivity index (χ4n) is 2.11. The van der Waals surface area contributed by atoms with E-state index in [0.29, 0.717) is 6.61 Å². The molecule has 1 saturated heterocycles. The van der Waals surface area contributed by atoms with Crippen molar-refractivity contribution in [3.63, 3.8) is 0 Å². The molecule has 0 saturated carbocycles. The Bertz CT molecular complexity index is 454. The zero-order chi connectivity index (χ0) is 13.7. The van der Waals surface area contributed by atoms with Crippen LogP contribution in [-0.4, -0.2) is 18.3 Å². The van der Waals surface area contributed by atoms with Crippen LogP contribution < -0.4 is 0 Å². The molecule has 0 bridgehead atoms. The van der Waals surface area contributed by atoms with E-state index in [-0.39, 0.29) is 11.9 Å². The lowest BCUT2D eigenvalue weighted by Gasteiger charge is -2.10. The van der Waals surface area contributed by atoms with Crippen molar-refractivity contribution in [2.45, 2.75) is 32.6 Å². The second-order valence-corrected chi connectivity index (χ2v) is 5.92.